The molecular weight excluding hydrogens is 1670 g/mol. The third-order valence-electron chi connectivity index (χ3n) is 31.3. The van der Waals surface area contributed by atoms with Crippen molar-refractivity contribution < 1.29 is 0 Å². The first kappa shape index (κ1) is 80.9. The number of para-hydroxylation sites is 3. The smallest absolute Gasteiger partial charge is 0.160 e. The second-order valence-corrected chi connectivity index (χ2v) is 40.5. The first-order valence-corrected chi connectivity index (χ1v) is 48.3. The van der Waals surface area contributed by atoms with Gasteiger partial charge in [-0.1, -0.05) is 365 Å². The van der Waals surface area contributed by atoms with Gasteiger partial charge in [-0.15, -0.1) is 0 Å². The summed E-state index contributed by atoms with van der Waals surface area (Å²) in [5.74, 6) is 1.51. The van der Waals surface area contributed by atoms with Crippen molar-refractivity contribution in [1.29, 1.82) is 0 Å². The van der Waals surface area contributed by atoms with E-state index in [4.69, 9.17) is 24.9 Å². The topological polar surface area (TPSA) is 64.5 Å². The van der Waals surface area contributed by atoms with Crippen LogP contribution >= 0.6 is 0 Å². The minimum atomic E-state index is -0.132. The van der Waals surface area contributed by atoms with Gasteiger partial charge < -0.3 is 0 Å². The van der Waals surface area contributed by atoms with Crippen LogP contribution < -0.4 is 0 Å². The lowest BCUT2D eigenvalue weighted by Gasteiger charge is -2.23. The Labute approximate surface area is 801 Å². The highest BCUT2D eigenvalue weighted by Crippen LogP contribution is 2.57. The van der Waals surface area contributed by atoms with Gasteiger partial charge in [0.2, 0.25) is 0 Å². The Balaban J connectivity index is 0.000000105. The third-order valence-corrected chi connectivity index (χ3v) is 31.3. The highest BCUT2D eigenvalue weighted by Gasteiger charge is 2.41. The van der Waals surface area contributed by atoms with Crippen LogP contribution in [0.25, 0.3) is 242 Å². The monoisotopic (exact) mass is 1760 g/mol. The number of aromatic nitrogens is 5. The lowest BCUT2D eigenvalue weighted by molar-refractivity contribution is 0.661. The maximum absolute atomic E-state index is 5.35. The molecule has 3 aromatic heterocycles. The van der Waals surface area contributed by atoms with Crippen molar-refractivity contribution >= 4 is 130 Å². The van der Waals surface area contributed by atoms with Gasteiger partial charge in [-0.2, -0.15) is 0 Å². The fourth-order valence-corrected chi connectivity index (χ4v) is 23.9. The molecular formula is C133H93N5. The predicted octanol–water partition coefficient (Wildman–Crippen LogP) is 35.1. The fraction of sp³-hybridized carbons (Fsp3) is 0.0902. The number of pyridine rings is 1. The summed E-state index contributed by atoms with van der Waals surface area (Å²) in [7, 11) is 0. The van der Waals surface area contributed by atoms with Gasteiger partial charge in [0.25, 0.3) is 0 Å². The molecule has 5 nitrogen and oxygen atoms in total. The Bertz CT molecular complexity index is 9590. The highest BCUT2D eigenvalue weighted by molar-refractivity contribution is 6.26. The number of fused-ring (bicyclic) bond motifs is 28. The van der Waals surface area contributed by atoms with Crippen molar-refractivity contribution in [1.82, 2.24) is 24.9 Å². The Kier molecular flexibility index (Phi) is 17.8. The maximum Gasteiger partial charge on any atom is 0.160 e. The molecule has 650 valence electrons. The summed E-state index contributed by atoms with van der Waals surface area (Å²) in [5, 5.41) is 26.2. The van der Waals surface area contributed by atoms with Crippen molar-refractivity contribution in [3.05, 3.63) is 463 Å². The van der Waals surface area contributed by atoms with Gasteiger partial charge >= 0.3 is 0 Å². The van der Waals surface area contributed by atoms with E-state index in [1.165, 1.54) is 202 Å². The molecule has 138 heavy (non-hydrogen) atoms. The first-order chi connectivity index (χ1) is 67.4. The molecule has 4 aliphatic carbocycles. The number of benzene rings is 22. The maximum atomic E-state index is 5.35. The molecule has 4 aliphatic rings. The molecule has 22 aromatic carbocycles. The van der Waals surface area contributed by atoms with Crippen molar-refractivity contribution in [2.75, 3.05) is 0 Å². The van der Waals surface area contributed by atoms with E-state index in [9.17, 15) is 0 Å². The Morgan fingerprint density at radius 1 is 0.145 bits per heavy atom. The van der Waals surface area contributed by atoms with E-state index < -0.39 is 0 Å². The summed E-state index contributed by atoms with van der Waals surface area (Å²) in [6.45, 7) is 18.8. The second kappa shape index (κ2) is 30.4. The molecule has 0 spiro atoms. The molecule has 0 aliphatic heterocycles. The minimum absolute atomic E-state index is 0.0955. The average molecular weight is 1760 g/mol. The highest BCUT2D eigenvalue weighted by atomic mass is 14.9. The van der Waals surface area contributed by atoms with Crippen LogP contribution in [0.4, 0.5) is 0 Å². The van der Waals surface area contributed by atoms with Gasteiger partial charge in [0.05, 0.1) is 33.6 Å². The van der Waals surface area contributed by atoms with Gasteiger partial charge in [-0.3, -0.25) is 0 Å². The number of rotatable bonds is 6. The lowest BCUT2D eigenvalue weighted by atomic mass is 9.80. The van der Waals surface area contributed by atoms with Gasteiger partial charge in [0.15, 0.2) is 11.6 Å². The van der Waals surface area contributed by atoms with Gasteiger partial charge in [-0.25, -0.2) is 24.9 Å². The van der Waals surface area contributed by atoms with Crippen LogP contribution in [0.2, 0.25) is 0 Å². The van der Waals surface area contributed by atoms with Crippen LogP contribution in [0.5, 0.6) is 0 Å². The largest absolute Gasteiger partial charge is 0.248 e. The molecule has 0 amide bonds. The van der Waals surface area contributed by atoms with Crippen molar-refractivity contribution in [2.24, 2.45) is 0 Å². The zero-order valence-electron chi connectivity index (χ0n) is 78.1. The van der Waals surface area contributed by atoms with E-state index in [-0.39, 0.29) is 21.7 Å². The molecule has 0 saturated carbocycles. The normalized spacial score (nSPS) is 14.0. The van der Waals surface area contributed by atoms with Gasteiger partial charge in [-0.05, 0) is 306 Å². The van der Waals surface area contributed by atoms with Gasteiger partial charge in [0, 0.05) is 65.6 Å². The number of hydrogen-bond donors (Lipinski definition) is 0. The quantitative estimate of drug-likeness (QED) is 0.155. The van der Waals surface area contributed by atoms with Crippen molar-refractivity contribution in [3.8, 4) is 112 Å². The van der Waals surface area contributed by atoms with Crippen LogP contribution in [-0.4, -0.2) is 24.9 Å². The molecule has 3 heterocycles. The Morgan fingerprint density at radius 2 is 0.420 bits per heavy atom. The summed E-state index contributed by atoms with van der Waals surface area (Å²) in [6.07, 6.45) is 0. The summed E-state index contributed by atoms with van der Waals surface area (Å²) in [4.78, 5) is 26.1. The van der Waals surface area contributed by atoms with Crippen LogP contribution in [-0.2, 0) is 21.7 Å². The van der Waals surface area contributed by atoms with Crippen LogP contribution in [0.15, 0.2) is 419 Å². The minimum Gasteiger partial charge on any atom is -0.248 e. The number of nitrogens with zero attached hydrogens (tertiary/aromatic N) is 5. The summed E-state index contributed by atoms with van der Waals surface area (Å²) in [5.41, 5.74) is 34.9. The van der Waals surface area contributed by atoms with E-state index in [2.05, 4.69) is 474 Å². The zero-order valence-corrected chi connectivity index (χ0v) is 78.1. The summed E-state index contributed by atoms with van der Waals surface area (Å²) in [6, 6.07) is 153. The predicted molar refractivity (Wildman–Crippen MR) is 581 cm³/mol. The standard InChI is InChI=1S/C47H35N.C45H30N2.C41H28N2/c1-46(2)40-25-32(17-19-34(40)38-21-28-11-5-7-13-30(28)23-42(38)46)37-27-45(48-44-16-10-9-15-36(37)44)33-18-20-35-39-22-29-12-6-8-14-31(29)24-43(39)47(3,4)41(35)26-33;1-45(2)40-26-30(20-22-36(40)39-23-27-11-3-4-12-28(27)25-41(39)45)44-46-42-18-10-9-17-37(42)43(47-44)29-19-21-35-33-15-6-5-13-31(33)32-14-7-8-16-34(32)38(35)24-29;1-41(2)36-24-30(18-20-33(36)35-22-26-10-3-4-11-27(26)23-37(35)41)40-42-38-14-8-7-13-34(38)39(43-40)29-17-19-32-28(21-29)16-15-25-9-5-6-12-31(25)32/h5-27H,1-4H3;3-26H,1-2H3;3-24H,1-2H3. The van der Waals surface area contributed by atoms with E-state index in [0.29, 0.717) is 0 Å². The molecule has 0 unspecified atom stereocenters. The third kappa shape index (κ3) is 12.6. The van der Waals surface area contributed by atoms with E-state index >= 15 is 0 Å². The summed E-state index contributed by atoms with van der Waals surface area (Å²) >= 11 is 0. The molecule has 0 saturated heterocycles. The lowest BCUT2D eigenvalue weighted by Crippen LogP contribution is -2.15. The molecule has 0 N–H and O–H groups in total. The second-order valence-electron chi connectivity index (χ2n) is 40.5. The van der Waals surface area contributed by atoms with E-state index in [1.807, 2.05) is 0 Å². The summed E-state index contributed by atoms with van der Waals surface area (Å²) < 4.78 is 0. The molecule has 25 aromatic rings. The van der Waals surface area contributed by atoms with Crippen molar-refractivity contribution in [3.63, 3.8) is 0 Å². The van der Waals surface area contributed by atoms with Crippen LogP contribution in [0, 0.1) is 0 Å². The van der Waals surface area contributed by atoms with Gasteiger partial charge in [0.1, 0.15) is 0 Å². The molecule has 0 bridgehead atoms. The fourth-order valence-electron chi connectivity index (χ4n) is 23.9. The van der Waals surface area contributed by atoms with E-state index in [0.717, 1.165) is 83.9 Å². The molecule has 0 radical (unpaired) electrons. The molecule has 5 heteroatoms. The van der Waals surface area contributed by atoms with Crippen LogP contribution in [0.3, 0.4) is 0 Å². The molecule has 0 atom stereocenters. The molecule has 0 fully saturated rings. The van der Waals surface area contributed by atoms with Crippen molar-refractivity contribution in [2.45, 2.75) is 77.0 Å². The Hall–Kier alpha value is -16.7. The first-order valence-electron chi connectivity index (χ1n) is 48.3. The Morgan fingerprint density at radius 3 is 0.841 bits per heavy atom. The zero-order chi connectivity index (χ0) is 92.3. The molecule has 29 rings (SSSR count). The van der Waals surface area contributed by atoms with E-state index in [1.54, 1.807) is 0 Å². The van der Waals surface area contributed by atoms with Crippen LogP contribution in [0.1, 0.15) is 99.9 Å². The number of hydrogen-bond acceptors (Lipinski definition) is 5. The SMILES string of the molecule is CC1(C)c2cc(-c3cc(-c4ccc5c(c4)C(C)(C)c4cc6ccccc6cc4-5)c4ccccc4n3)ccc2-c2cc3ccccc3cc21.CC1(C)c2cc(-c3nc(-c4ccc5c(ccc6ccccc65)c4)c4ccccc4n3)ccc2-c2cc3ccccc3cc21.CC1(C)c2cc(-c3nc(-c4ccc5c6ccccc6c6ccccc6c5c4)c4ccccc4n3)ccc2-c2cc3ccccc3cc21. The average Bonchev–Trinajstić information content (AvgIpc) is 1.60.